The number of amides is 1. The van der Waals surface area contributed by atoms with E-state index in [-0.39, 0.29) is 18.7 Å². The predicted molar refractivity (Wildman–Crippen MR) is 99.8 cm³/mol. The molecule has 0 saturated heterocycles. The first-order valence-corrected chi connectivity index (χ1v) is 8.43. The second kappa shape index (κ2) is 8.07. The Bertz CT molecular complexity index is 1000. The van der Waals surface area contributed by atoms with Gasteiger partial charge in [-0.2, -0.15) is 18.3 Å². The number of benzene rings is 2. The van der Waals surface area contributed by atoms with Crippen molar-refractivity contribution >= 4 is 5.91 Å². The van der Waals surface area contributed by atoms with Gasteiger partial charge in [-0.3, -0.25) is 4.79 Å². The van der Waals surface area contributed by atoms with E-state index in [1.807, 2.05) is 0 Å². The smallest absolute Gasteiger partial charge is 0.369 e. The lowest BCUT2D eigenvalue weighted by Crippen LogP contribution is -2.13. The number of halogens is 3. The van der Waals surface area contributed by atoms with Crippen LogP contribution in [0.5, 0.6) is 0 Å². The van der Waals surface area contributed by atoms with E-state index in [4.69, 9.17) is 11.3 Å². The minimum Gasteiger partial charge on any atom is -0.369 e. The SMILES string of the molecule is [N-]=[N+]=NCc1ccc(-c2cc(C(F)(F)F)nn2-c2ccc(CC(N)=O)cc2)cc1. The first-order valence-electron chi connectivity index (χ1n) is 8.43. The van der Waals surface area contributed by atoms with E-state index in [9.17, 15) is 18.0 Å². The summed E-state index contributed by atoms with van der Waals surface area (Å²) in [5.41, 5.74) is 15.1. The van der Waals surface area contributed by atoms with Gasteiger partial charge in [-0.1, -0.05) is 41.5 Å². The summed E-state index contributed by atoms with van der Waals surface area (Å²) in [5.74, 6) is -0.502. The van der Waals surface area contributed by atoms with Crippen LogP contribution in [0.4, 0.5) is 13.2 Å². The van der Waals surface area contributed by atoms with Crippen LogP contribution in [-0.2, 0) is 23.9 Å². The molecule has 1 aromatic heterocycles. The lowest BCUT2D eigenvalue weighted by atomic mass is 10.1. The molecule has 1 heterocycles. The van der Waals surface area contributed by atoms with Gasteiger partial charge < -0.3 is 5.73 Å². The van der Waals surface area contributed by atoms with E-state index in [1.54, 1.807) is 48.5 Å². The maximum absolute atomic E-state index is 13.3. The van der Waals surface area contributed by atoms with E-state index in [1.165, 1.54) is 4.68 Å². The van der Waals surface area contributed by atoms with E-state index in [2.05, 4.69) is 15.1 Å². The fraction of sp³-hybridized carbons (Fsp3) is 0.158. The van der Waals surface area contributed by atoms with Crippen LogP contribution in [0.15, 0.2) is 59.7 Å². The first-order chi connectivity index (χ1) is 13.8. The van der Waals surface area contributed by atoms with Crippen molar-refractivity contribution in [1.29, 1.82) is 0 Å². The van der Waals surface area contributed by atoms with Gasteiger partial charge in [-0.25, -0.2) is 4.68 Å². The topological polar surface area (TPSA) is 110 Å². The normalized spacial score (nSPS) is 11.1. The van der Waals surface area contributed by atoms with Crippen molar-refractivity contribution in [2.45, 2.75) is 19.1 Å². The van der Waals surface area contributed by atoms with Crippen LogP contribution in [0.3, 0.4) is 0 Å². The van der Waals surface area contributed by atoms with Crippen molar-refractivity contribution in [1.82, 2.24) is 9.78 Å². The van der Waals surface area contributed by atoms with Crippen molar-refractivity contribution in [3.8, 4) is 16.9 Å². The summed E-state index contributed by atoms with van der Waals surface area (Å²) in [6, 6.07) is 14.0. The Kier molecular flexibility index (Phi) is 5.56. The Morgan fingerprint density at radius 2 is 1.72 bits per heavy atom. The third kappa shape index (κ3) is 4.74. The van der Waals surface area contributed by atoms with Crippen LogP contribution < -0.4 is 5.73 Å². The Hall–Kier alpha value is -3.78. The second-order valence-electron chi connectivity index (χ2n) is 6.22. The molecule has 29 heavy (non-hydrogen) atoms. The Labute approximate surface area is 163 Å². The maximum atomic E-state index is 13.3. The highest BCUT2D eigenvalue weighted by atomic mass is 19.4. The summed E-state index contributed by atoms with van der Waals surface area (Å²) in [6.45, 7) is 0.144. The molecule has 2 aromatic carbocycles. The summed E-state index contributed by atoms with van der Waals surface area (Å²) in [6.07, 6.45) is -4.57. The summed E-state index contributed by atoms with van der Waals surface area (Å²) >= 11 is 0. The van der Waals surface area contributed by atoms with E-state index in [0.29, 0.717) is 16.8 Å². The number of carbonyl (C=O) groups is 1. The van der Waals surface area contributed by atoms with Gasteiger partial charge in [-0.05, 0) is 34.9 Å². The fourth-order valence-electron chi connectivity index (χ4n) is 2.77. The number of hydrogen-bond donors (Lipinski definition) is 1. The largest absolute Gasteiger partial charge is 0.435 e. The van der Waals surface area contributed by atoms with Crippen molar-refractivity contribution < 1.29 is 18.0 Å². The van der Waals surface area contributed by atoms with Gasteiger partial charge in [0.25, 0.3) is 0 Å². The zero-order valence-electron chi connectivity index (χ0n) is 15.0. The number of azide groups is 1. The molecule has 3 rings (SSSR count). The molecule has 148 valence electrons. The molecule has 0 unspecified atom stereocenters. The third-order valence-electron chi connectivity index (χ3n) is 4.13. The Balaban J connectivity index is 2.03. The number of alkyl halides is 3. The molecule has 0 radical (unpaired) electrons. The third-order valence-corrected chi connectivity index (χ3v) is 4.13. The summed E-state index contributed by atoms with van der Waals surface area (Å²) < 4.78 is 40.9. The molecule has 2 N–H and O–H groups in total. The number of hydrogen-bond acceptors (Lipinski definition) is 3. The van der Waals surface area contributed by atoms with E-state index >= 15 is 0 Å². The number of nitrogens with two attached hydrogens (primary N) is 1. The van der Waals surface area contributed by atoms with Gasteiger partial charge in [0.1, 0.15) is 0 Å². The van der Waals surface area contributed by atoms with Crippen molar-refractivity contribution in [2.24, 2.45) is 10.8 Å². The fourth-order valence-corrected chi connectivity index (χ4v) is 2.77. The molecule has 1 amide bonds. The van der Waals surface area contributed by atoms with Gasteiger partial charge in [0.05, 0.1) is 24.3 Å². The standard InChI is InChI=1S/C19H15F3N6O/c20-19(21,22)17-10-16(14-5-1-13(2-6-14)11-25-27-24)28(26-17)15-7-3-12(4-8-15)9-18(23)29/h1-8,10H,9,11H2,(H2,23,29). The van der Waals surface area contributed by atoms with Gasteiger partial charge in [0, 0.05) is 10.5 Å². The number of nitrogens with zero attached hydrogens (tertiary/aromatic N) is 5. The highest BCUT2D eigenvalue weighted by Crippen LogP contribution is 2.33. The van der Waals surface area contributed by atoms with Crippen LogP contribution in [0.25, 0.3) is 27.4 Å². The summed E-state index contributed by atoms with van der Waals surface area (Å²) in [7, 11) is 0. The molecule has 0 fully saturated rings. The van der Waals surface area contributed by atoms with Crippen LogP contribution in [0.1, 0.15) is 16.8 Å². The van der Waals surface area contributed by atoms with Crippen molar-refractivity contribution in [2.75, 3.05) is 0 Å². The quantitative estimate of drug-likeness (QED) is 0.376. The lowest BCUT2D eigenvalue weighted by molar-refractivity contribution is -0.141. The molecule has 0 aliphatic heterocycles. The van der Waals surface area contributed by atoms with E-state index < -0.39 is 17.8 Å². The molecule has 0 atom stereocenters. The molecule has 3 aromatic rings. The Morgan fingerprint density at radius 1 is 1.10 bits per heavy atom. The number of carbonyl (C=O) groups excluding carboxylic acids is 1. The van der Waals surface area contributed by atoms with Crippen LogP contribution in [-0.4, -0.2) is 15.7 Å². The van der Waals surface area contributed by atoms with E-state index in [0.717, 1.165) is 11.6 Å². The maximum Gasteiger partial charge on any atom is 0.435 e. The zero-order chi connectivity index (χ0) is 21.0. The molecule has 0 saturated carbocycles. The lowest BCUT2D eigenvalue weighted by Gasteiger charge is -2.09. The van der Waals surface area contributed by atoms with Gasteiger partial charge >= 0.3 is 6.18 Å². The summed E-state index contributed by atoms with van der Waals surface area (Å²) in [4.78, 5) is 13.7. The highest BCUT2D eigenvalue weighted by Gasteiger charge is 2.35. The molecular weight excluding hydrogens is 385 g/mol. The van der Waals surface area contributed by atoms with Crippen LogP contribution in [0.2, 0.25) is 0 Å². The first kappa shape index (κ1) is 20.0. The predicted octanol–water partition coefficient (Wildman–Crippen LogP) is 4.40. The molecule has 0 aliphatic rings. The van der Waals surface area contributed by atoms with Crippen LogP contribution in [0, 0.1) is 0 Å². The summed E-state index contributed by atoms with van der Waals surface area (Å²) in [5, 5.41) is 7.18. The van der Waals surface area contributed by atoms with Gasteiger partial charge in [-0.15, -0.1) is 0 Å². The molecule has 10 heteroatoms. The van der Waals surface area contributed by atoms with Gasteiger partial charge in [0.15, 0.2) is 5.69 Å². The second-order valence-corrected chi connectivity index (χ2v) is 6.22. The molecule has 7 nitrogen and oxygen atoms in total. The monoisotopic (exact) mass is 400 g/mol. The Morgan fingerprint density at radius 3 is 2.28 bits per heavy atom. The minimum atomic E-state index is -4.60. The van der Waals surface area contributed by atoms with Crippen molar-refractivity contribution in [3.05, 3.63) is 81.9 Å². The number of rotatable bonds is 6. The number of primary amides is 1. The minimum absolute atomic E-state index is 0.0344. The van der Waals surface area contributed by atoms with Gasteiger partial charge in [0.2, 0.25) is 5.91 Å². The molecule has 0 aliphatic carbocycles. The molecule has 0 spiro atoms. The molecule has 0 bridgehead atoms. The average molecular weight is 400 g/mol. The zero-order valence-corrected chi connectivity index (χ0v) is 15.0. The molecular formula is C19H15F3N6O. The van der Waals surface area contributed by atoms with Crippen LogP contribution >= 0.6 is 0 Å². The number of aromatic nitrogens is 2. The highest BCUT2D eigenvalue weighted by molar-refractivity contribution is 5.76. The average Bonchev–Trinajstić information content (AvgIpc) is 3.13. The van der Waals surface area contributed by atoms with Crippen molar-refractivity contribution in [3.63, 3.8) is 0 Å².